The van der Waals surface area contributed by atoms with E-state index < -0.39 is 0 Å². The Morgan fingerprint density at radius 1 is 1.14 bits per heavy atom. The van der Waals surface area contributed by atoms with Crippen molar-refractivity contribution in [1.82, 2.24) is 25.0 Å². The molecule has 1 aromatic carbocycles. The van der Waals surface area contributed by atoms with Gasteiger partial charge in [0, 0.05) is 19.2 Å². The number of aliphatic hydroxyl groups excluding tert-OH is 1. The molecule has 112 valence electrons. The van der Waals surface area contributed by atoms with Crippen LogP contribution in [0.4, 0.5) is 5.82 Å². The van der Waals surface area contributed by atoms with Gasteiger partial charge in [-0.25, -0.2) is 9.97 Å². The molecule has 0 aliphatic heterocycles. The minimum Gasteiger partial charge on any atom is -0.388 e. The third-order valence-electron chi connectivity index (χ3n) is 3.06. The van der Waals surface area contributed by atoms with Crippen molar-refractivity contribution in [3.8, 4) is 5.69 Å². The Morgan fingerprint density at radius 2 is 2.00 bits per heavy atom. The number of benzene rings is 1. The van der Waals surface area contributed by atoms with Crippen molar-refractivity contribution >= 4 is 5.82 Å². The van der Waals surface area contributed by atoms with Crippen LogP contribution in [0.15, 0.2) is 48.8 Å². The van der Waals surface area contributed by atoms with Gasteiger partial charge in [0.25, 0.3) is 0 Å². The van der Waals surface area contributed by atoms with Crippen LogP contribution in [-0.2, 0) is 13.0 Å². The molecule has 0 saturated carbocycles. The summed E-state index contributed by atoms with van der Waals surface area (Å²) >= 11 is 0. The zero-order chi connectivity index (χ0) is 15.2. The summed E-state index contributed by atoms with van der Waals surface area (Å²) in [6, 6.07) is 11.5. The molecular weight excluding hydrogens is 280 g/mol. The average molecular weight is 296 g/mol. The molecular formula is C15H16N6O. The highest BCUT2D eigenvalue weighted by molar-refractivity contribution is 5.33. The molecule has 0 saturated heterocycles. The van der Waals surface area contributed by atoms with Crippen LogP contribution in [-0.4, -0.2) is 36.6 Å². The summed E-state index contributed by atoms with van der Waals surface area (Å²) < 4.78 is 0. The minimum absolute atomic E-state index is 0.166. The highest BCUT2D eigenvalue weighted by atomic mass is 16.3. The Kier molecular flexibility index (Phi) is 4.35. The first kappa shape index (κ1) is 14.2. The maximum atomic E-state index is 9.00. The third-order valence-corrected chi connectivity index (χ3v) is 3.06. The highest BCUT2D eigenvalue weighted by Crippen LogP contribution is 2.06. The number of anilines is 1. The number of nitrogens with one attached hydrogen (secondary N) is 1. The van der Waals surface area contributed by atoms with Crippen LogP contribution in [0, 0.1) is 0 Å². The fraction of sp³-hybridized carbons (Fsp3) is 0.200. The largest absolute Gasteiger partial charge is 0.388 e. The molecule has 0 atom stereocenters. The first-order valence-electron chi connectivity index (χ1n) is 6.98. The summed E-state index contributed by atoms with van der Waals surface area (Å²) in [5.74, 6) is 1.09. The van der Waals surface area contributed by atoms with Gasteiger partial charge in [-0.2, -0.15) is 15.0 Å². The van der Waals surface area contributed by atoms with E-state index >= 15 is 0 Å². The molecule has 7 heteroatoms. The molecule has 0 aliphatic carbocycles. The molecule has 0 aliphatic rings. The van der Waals surface area contributed by atoms with Gasteiger partial charge in [-0.15, -0.1) is 0 Å². The van der Waals surface area contributed by atoms with Crippen molar-refractivity contribution in [3.05, 3.63) is 60.3 Å². The van der Waals surface area contributed by atoms with Gasteiger partial charge in [-0.3, -0.25) is 0 Å². The molecule has 7 nitrogen and oxygen atoms in total. The fourth-order valence-corrected chi connectivity index (χ4v) is 1.99. The summed E-state index contributed by atoms with van der Waals surface area (Å²) in [5.41, 5.74) is 1.83. The first-order valence-corrected chi connectivity index (χ1v) is 6.98. The number of para-hydroxylation sites is 1. The van der Waals surface area contributed by atoms with Crippen LogP contribution in [0.3, 0.4) is 0 Å². The summed E-state index contributed by atoms with van der Waals surface area (Å²) in [5, 5.41) is 20.9. The first-order chi connectivity index (χ1) is 10.8. The van der Waals surface area contributed by atoms with Crippen LogP contribution in [0.5, 0.6) is 0 Å². The van der Waals surface area contributed by atoms with Crippen molar-refractivity contribution in [3.63, 3.8) is 0 Å². The van der Waals surface area contributed by atoms with E-state index in [1.165, 1.54) is 0 Å². The van der Waals surface area contributed by atoms with Crippen LogP contribution in [0.2, 0.25) is 0 Å². The number of aliphatic hydroxyl groups is 1. The monoisotopic (exact) mass is 296 g/mol. The molecule has 3 rings (SSSR count). The predicted molar refractivity (Wildman–Crippen MR) is 81.5 cm³/mol. The van der Waals surface area contributed by atoms with Crippen LogP contribution < -0.4 is 5.32 Å². The van der Waals surface area contributed by atoms with Crippen molar-refractivity contribution in [2.45, 2.75) is 13.0 Å². The molecule has 2 N–H and O–H groups in total. The Labute approximate surface area is 127 Å². The van der Waals surface area contributed by atoms with Gasteiger partial charge in [0.1, 0.15) is 12.4 Å². The Hall–Kier alpha value is -2.80. The summed E-state index contributed by atoms with van der Waals surface area (Å²) in [6.45, 7) is 0.510. The smallest absolute Gasteiger partial charge is 0.156 e. The van der Waals surface area contributed by atoms with Gasteiger partial charge < -0.3 is 10.4 Å². The van der Waals surface area contributed by atoms with Crippen LogP contribution >= 0.6 is 0 Å². The second-order valence-electron chi connectivity index (χ2n) is 4.65. The Bertz CT molecular complexity index is 728. The lowest BCUT2D eigenvalue weighted by Crippen LogP contribution is -2.08. The topological polar surface area (TPSA) is 88.8 Å². The molecule has 0 unspecified atom stereocenters. The van der Waals surface area contributed by atoms with E-state index in [1.54, 1.807) is 23.3 Å². The molecule has 0 amide bonds. The van der Waals surface area contributed by atoms with E-state index in [4.69, 9.17) is 5.11 Å². The van der Waals surface area contributed by atoms with Crippen molar-refractivity contribution in [1.29, 1.82) is 0 Å². The maximum Gasteiger partial charge on any atom is 0.156 e. The van der Waals surface area contributed by atoms with Gasteiger partial charge in [0.2, 0.25) is 0 Å². The number of hydrogen-bond acceptors (Lipinski definition) is 6. The van der Waals surface area contributed by atoms with Gasteiger partial charge in [-0.05, 0) is 18.2 Å². The Morgan fingerprint density at radius 3 is 2.82 bits per heavy atom. The quantitative estimate of drug-likeness (QED) is 0.710. The molecule has 0 bridgehead atoms. The lowest BCUT2D eigenvalue weighted by molar-refractivity contribution is 0.271. The third kappa shape index (κ3) is 3.44. The number of rotatable bonds is 6. The number of aromatic nitrogens is 5. The zero-order valence-corrected chi connectivity index (χ0v) is 11.9. The zero-order valence-electron chi connectivity index (χ0n) is 11.9. The lowest BCUT2D eigenvalue weighted by Gasteiger charge is -2.04. The van der Waals surface area contributed by atoms with E-state index in [1.807, 2.05) is 30.3 Å². The van der Waals surface area contributed by atoms with E-state index in [-0.39, 0.29) is 6.61 Å². The van der Waals surface area contributed by atoms with Gasteiger partial charge in [0.15, 0.2) is 5.82 Å². The van der Waals surface area contributed by atoms with Crippen molar-refractivity contribution in [2.24, 2.45) is 0 Å². The molecule has 0 spiro atoms. The summed E-state index contributed by atoms with van der Waals surface area (Å²) in [7, 11) is 0. The number of hydrogen-bond donors (Lipinski definition) is 2. The molecule has 3 aromatic rings. The lowest BCUT2D eigenvalue weighted by atomic mass is 10.3. The number of nitrogens with zero attached hydrogens (tertiary/aromatic N) is 5. The minimum atomic E-state index is -0.166. The molecule has 0 radical (unpaired) electrons. The second kappa shape index (κ2) is 6.77. The second-order valence-corrected chi connectivity index (χ2v) is 4.65. The highest BCUT2D eigenvalue weighted by Gasteiger charge is 2.03. The molecule has 2 aromatic heterocycles. The van der Waals surface area contributed by atoms with Crippen LogP contribution in [0.1, 0.15) is 11.5 Å². The maximum absolute atomic E-state index is 9.00. The fourth-order valence-electron chi connectivity index (χ4n) is 1.99. The van der Waals surface area contributed by atoms with E-state index in [0.29, 0.717) is 18.2 Å². The predicted octanol–water partition coefficient (Wildman–Crippen LogP) is 1.20. The van der Waals surface area contributed by atoms with E-state index in [2.05, 4.69) is 25.5 Å². The van der Waals surface area contributed by atoms with E-state index in [9.17, 15) is 0 Å². The normalized spacial score (nSPS) is 10.6. The van der Waals surface area contributed by atoms with Crippen molar-refractivity contribution < 1.29 is 5.11 Å². The van der Waals surface area contributed by atoms with E-state index in [0.717, 1.165) is 17.8 Å². The Balaban J connectivity index is 1.57. The van der Waals surface area contributed by atoms with Gasteiger partial charge in [-0.1, -0.05) is 18.2 Å². The SMILES string of the molecule is OCc1nccc(NCCc2cnn(-c3ccccc3)n2)n1. The van der Waals surface area contributed by atoms with Crippen LogP contribution in [0.25, 0.3) is 5.69 Å². The van der Waals surface area contributed by atoms with Gasteiger partial charge >= 0.3 is 0 Å². The summed E-state index contributed by atoms with van der Waals surface area (Å²) in [4.78, 5) is 9.71. The standard InChI is InChI=1S/C15H16N6O/c22-11-15-17-9-7-14(19-15)16-8-6-12-10-18-21(20-12)13-4-2-1-3-5-13/h1-5,7,9-10,22H,6,8,11H2,(H,16,17,19). The average Bonchev–Trinajstić information content (AvgIpc) is 3.05. The van der Waals surface area contributed by atoms with Gasteiger partial charge in [0.05, 0.1) is 17.6 Å². The molecule has 2 heterocycles. The van der Waals surface area contributed by atoms with Crippen molar-refractivity contribution in [2.75, 3.05) is 11.9 Å². The summed E-state index contributed by atoms with van der Waals surface area (Å²) in [6.07, 6.45) is 4.10. The molecule has 22 heavy (non-hydrogen) atoms. The molecule has 0 fully saturated rings.